The molecule has 1 amide bonds. The van der Waals surface area contributed by atoms with Crippen molar-refractivity contribution in [2.75, 3.05) is 11.9 Å². The number of amides is 1. The molecular weight excluding hydrogens is 356 g/mol. The molecule has 0 aliphatic carbocycles. The van der Waals surface area contributed by atoms with Crippen molar-refractivity contribution in [1.29, 1.82) is 0 Å². The topological polar surface area (TPSA) is 87.9 Å². The molecule has 0 unspecified atom stereocenters. The van der Waals surface area contributed by atoms with E-state index in [1.54, 1.807) is 5.48 Å². The maximum absolute atomic E-state index is 11.4. The Bertz CT molecular complexity index is 945. The van der Waals surface area contributed by atoms with E-state index in [0.29, 0.717) is 23.8 Å². The van der Waals surface area contributed by atoms with Crippen LogP contribution in [0.1, 0.15) is 32.0 Å². The molecule has 28 heavy (non-hydrogen) atoms. The number of pyridine rings is 1. The summed E-state index contributed by atoms with van der Waals surface area (Å²) in [6.07, 6.45) is 2.69. The van der Waals surface area contributed by atoms with Gasteiger partial charge in [-0.3, -0.25) is 14.4 Å². The van der Waals surface area contributed by atoms with Gasteiger partial charge in [-0.05, 0) is 29.5 Å². The van der Waals surface area contributed by atoms with Crippen molar-refractivity contribution in [3.05, 3.63) is 59.9 Å². The predicted molar refractivity (Wildman–Crippen MR) is 108 cm³/mol. The van der Waals surface area contributed by atoms with E-state index in [9.17, 15) is 4.79 Å². The lowest BCUT2D eigenvalue weighted by Gasteiger charge is -2.19. The monoisotopic (exact) mass is 382 g/mol. The summed E-state index contributed by atoms with van der Waals surface area (Å²) in [4.78, 5) is 16.1. The maximum atomic E-state index is 11.4. The van der Waals surface area contributed by atoms with Gasteiger partial charge in [0.05, 0.1) is 12.2 Å². The van der Waals surface area contributed by atoms with Crippen molar-refractivity contribution < 1.29 is 14.7 Å². The van der Waals surface area contributed by atoms with E-state index in [-0.39, 0.29) is 12.0 Å². The molecule has 0 spiro atoms. The Labute approximate surface area is 164 Å². The number of hydrogen-bond acceptors (Lipinski definition) is 5. The van der Waals surface area contributed by atoms with E-state index >= 15 is 0 Å². The fourth-order valence-electron chi connectivity index (χ4n) is 2.96. The second-order valence-electron chi connectivity index (χ2n) is 7.87. The molecule has 3 aromatic rings. The zero-order valence-electron chi connectivity index (χ0n) is 16.4. The van der Waals surface area contributed by atoms with Crippen LogP contribution in [0.5, 0.6) is 5.75 Å². The lowest BCUT2D eigenvalue weighted by Crippen LogP contribution is -2.27. The van der Waals surface area contributed by atoms with Crippen molar-refractivity contribution in [1.82, 2.24) is 14.9 Å². The van der Waals surface area contributed by atoms with E-state index in [0.717, 1.165) is 17.7 Å². The first-order valence-electron chi connectivity index (χ1n) is 9.21. The summed E-state index contributed by atoms with van der Waals surface area (Å²) in [5.74, 6) is 0.745. The third-order valence-corrected chi connectivity index (χ3v) is 4.19. The van der Waals surface area contributed by atoms with Crippen molar-refractivity contribution in [2.45, 2.75) is 33.8 Å². The maximum Gasteiger partial charge on any atom is 0.262 e. The second kappa shape index (κ2) is 8.31. The number of nitrogens with one attached hydrogen (secondary N) is 2. The highest BCUT2D eigenvalue weighted by atomic mass is 16.5. The summed E-state index contributed by atoms with van der Waals surface area (Å²) >= 11 is 0. The molecule has 0 radical (unpaired) electrons. The highest BCUT2D eigenvalue weighted by Gasteiger charge is 2.21. The predicted octanol–water partition coefficient (Wildman–Crippen LogP) is 3.42. The molecular formula is C21H26N4O3. The van der Waals surface area contributed by atoms with Crippen molar-refractivity contribution in [2.24, 2.45) is 5.41 Å². The van der Waals surface area contributed by atoms with Gasteiger partial charge in [-0.25, -0.2) is 10.5 Å². The SMILES string of the molecule is CC(C)(C)Cc1c(NCC(=O)NO)nc2c(OCc3ccccc3)cccn12. The Morgan fingerprint density at radius 2 is 1.93 bits per heavy atom. The summed E-state index contributed by atoms with van der Waals surface area (Å²) in [6.45, 7) is 6.81. The Balaban J connectivity index is 1.94. The van der Waals surface area contributed by atoms with E-state index in [1.807, 2.05) is 53.1 Å². The van der Waals surface area contributed by atoms with Crippen LogP contribution in [0.15, 0.2) is 48.7 Å². The fourth-order valence-corrected chi connectivity index (χ4v) is 2.96. The van der Waals surface area contributed by atoms with Crippen molar-refractivity contribution >= 4 is 17.4 Å². The van der Waals surface area contributed by atoms with Gasteiger partial charge in [0.1, 0.15) is 12.4 Å². The number of aromatic nitrogens is 2. The average Bonchev–Trinajstić information content (AvgIpc) is 3.01. The molecule has 7 nitrogen and oxygen atoms in total. The van der Waals surface area contributed by atoms with Crippen LogP contribution in [0, 0.1) is 5.41 Å². The highest BCUT2D eigenvalue weighted by Crippen LogP contribution is 2.30. The largest absolute Gasteiger partial charge is 0.485 e. The first kappa shape index (κ1) is 19.7. The first-order chi connectivity index (χ1) is 13.4. The molecule has 0 saturated heterocycles. The van der Waals surface area contributed by atoms with Gasteiger partial charge in [0.25, 0.3) is 5.91 Å². The number of hydroxylamine groups is 1. The third kappa shape index (κ3) is 4.80. The molecule has 0 atom stereocenters. The molecule has 2 heterocycles. The highest BCUT2D eigenvalue weighted by molar-refractivity contribution is 5.79. The lowest BCUT2D eigenvalue weighted by atomic mass is 9.90. The smallest absolute Gasteiger partial charge is 0.262 e. The Hall–Kier alpha value is -3.06. The van der Waals surface area contributed by atoms with Crippen LogP contribution in [0.2, 0.25) is 0 Å². The Morgan fingerprint density at radius 3 is 2.61 bits per heavy atom. The van der Waals surface area contributed by atoms with Gasteiger partial charge in [-0.2, -0.15) is 0 Å². The number of hydrogen-bond donors (Lipinski definition) is 3. The number of fused-ring (bicyclic) bond motifs is 1. The van der Waals surface area contributed by atoms with Crippen molar-refractivity contribution in [3.8, 4) is 5.75 Å². The molecule has 2 aromatic heterocycles. The molecule has 0 fully saturated rings. The fraction of sp³-hybridized carbons (Fsp3) is 0.333. The quantitative estimate of drug-likeness (QED) is 0.430. The molecule has 0 aliphatic rings. The zero-order valence-corrected chi connectivity index (χ0v) is 16.4. The summed E-state index contributed by atoms with van der Waals surface area (Å²) < 4.78 is 8.01. The van der Waals surface area contributed by atoms with E-state index in [4.69, 9.17) is 9.94 Å². The summed E-state index contributed by atoms with van der Waals surface area (Å²) in [6, 6.07) is 13.8. The average molecular weight is 382 g/mol. The normalized spacial score (nSPS) is 11.4. The Kier molecular flexibility index (Phi) is 5.84. The molecule has 0 bridgehead atoms. The van der Waals surface area contributed by atoms with Gasteiger partial charge in [0.15, 0.2) is 11.4 Å². The Morgan fingerprint density at radius 1 is 1.18 bits per heavy atom. The van der Waals surface area contributed by atoms with Gasteiger partial charge >= 0.3 is 0 Å². The van der Waals surface area contributed by atoms with Crippen LogP contribution in [0.3, 0.4) is 0 Å². The second-order valence-corrected chi connectivity index (χ2v) is 7.87. The first-order valence-corrected chi connectivity index (χ1v) is 9.21. The van der Waals surface area contributed by atoms with Crippen molar-refractivity contribution in [3.63, 3.8) is 0 Å². The standard InChI is InChI=1S/C21H26N4O3/c1-21(2,3)12-16-19(22-13-18(26)24-27)23-20-17(10-7-11-25(16)20)28-14-15-8-5-4-6-9-15/h4-11,22,27H,12-14H2,1-3H3,(H,24,26). The number of nitrogens with zero attached hydrogens (tertiary/aromatic N) is 2. The number of benzene rings is 1. The molecule has 148 valence electrons. The number of rotatable bonds is 7. The van der Waals surface area contributed by atoms with Gasteiger partial charge in [-0.1, -0.05) is 51.1 Å². The van der Waals surface area contributed by atoms with Crippen LogP contribution in [0.25, 0.3) is 5.65 Å². The molecule has 3 rings (SSSR count). The molecule has 0 saturated carbocycles. The van der Waals surface area contributed by atoms with E-state index in [2.05, 4.69) is 31.1 Å². The lowest BCUT2D eigenvalue weighted by molar-refractivity contribution is -0.127. The van der Waals surface area contributed by atoms with Crippen LogP contribution in [0.4, 0.5) is 5.82 Å². The van der Waals surface area contributed by atoms with E-state index < -0.39 is 5.91 Å². The van der Waals surface area contributed by atoms with Gasteiger partial charge < -0.3 is 10.1 Å². The molecule has 0 aliphatic heterocycles. The van der Waals surface area contributed by atoms with Crippen LogP contribution < -0.4 is 15.5 Å². The minimum absolute atomic E-state index is 0.0204. The minimum atomic E-state index is -0.528. The number of carbonyl (C=O) groups is 1. The van der Waals surface area contributed by atoms with Crippen LogP contribution >= 0.6 is 0 Å². The number of ether oxygens (including phenoxy) is 1. The minimum Gasteiger partial charge on any atom is -0.485 e. The van der Waals surface area contributed by atoms with Crippen LogP contribution in [-0.4, -0.2) is 27.0 Å². The number of anilines is 1. The third-order valence-electron chi connectivity index (χ3n) is 4.19. The molecule has 7 heteroatoms. The molecule has 1 aromatic carbocycles. The summed E-state index contributed by atoms with van der Waals surface area (Å²) in [5, 5.41) is 11.8. The van der Waals surface area contributed by atoms with Gasteiger partial charge in [0, 0.05) is 6.20 Å². The van der Waals surface area contributed by atoms with E-state index in [1.165, 1.54) is 0 Å². The van der Waals surface area contributed by atoms with Gasteiger partial charge in [0.2, 0.25) is 0 Å². The number of imidazole rings is 1. The zero-order chi connectivity index (χ0) is 20.1. The number of carbonyl (C=O) groups excluding carboxylic acids is 1. The van der Waals surface area contributed by atoms with Gasteiger partial charge in [-0.15, -0.1) is 0 Å². The summed E-state index contributed by atoms with van der Waals surface area (Å²) in [5.41, 5.74) is 4.36. The van der Waals surface area contributed by atoms with Crippen LogP contribution in [-0.2, 0) is 17.8 Å². The summed E-state index contributed by atoms with van der Waals surface area (Å²) in [7, 11) is 0. The molecule has 3 N–H and O–H groups in total.